The molecule has 0 bridgehead atoms. The third kappa shape index (κ3) is 3.53. The Hall–Kier alpha value is -0.490. The molecule has 15 heavy (non-hydrogen) atoms. The molecule has 2 atom stereocenters. The Morgan fingerprint density at radius 1 is 1.20 bits per heavy atom. The van der Waals surface area contributed by atoms with Crippen LogP contribution < -0.4 is 0 Å². The lowest BCUT2D eigenvalue weighted by Gasteiger charge is -2.17. The largest absolute Gasteiger partial charge is 0.123 e. The van der Waals surface area contributed by atoms with Gasteiger partial charge < -0.3 is 0 Å². The summed E-state index contributed by atoms with van der Waals surface area (Å²) < 4.78 is 0. The molecule has 0 saturated heterocycles. The first kappa shape index (κ1) is 12.6. The van der Waals surface area contributed by atoms with Crippen molar-refractivity contribution in [3.63, 3.8) is 0 Å². The molecule has 0 nitrogen and oxygen atoms in total. The van der Waals surface area contributed by atoms with E-state index in [1.54, 1.807) is 0 Å². The molecule has 0 amide bonds. The molecule has 0 spiro atoms. The van der Waals surface area contributed by atoms with Crippen LogP contribution in [0.2, 0.25) is 0 Å². The molecule has 0 N–H and O–H groups in total. The summed E-state index contributed by atoms with van der Waals surface area (Å²) in [6.07, 6.45) is 2.25. The van der Waals surface area contributed by atoms with E-state index in [0.717, 1.165) is 12.8 Å². The van der Waals surface area contributed by atoms with Crippen molar-refractivity contribution in [2.24, 2.45) is 5.92 Å². The van der Waals surface area contributed by atoms with Gasteiger partial charge in [0.05, 0.1) is 0 Å². The summed E-state index contributed by atoms with van der Waals surface area (Å²) in [5, 5.41) is 0.261. The standard InChI is InChI=1S/C14H21Cl/c1-5-14(12(4)15)9-13-7-6-10(2)11(3)8-13/h6-8,12,14H,5,9H2,1-4H3. The summed E-state index contributed by atoms with van der Waals surface area (Å²) in [6, 6.07) is 6.72. The van der Waals surface area contributed by atoms with E-state index in [9.17, 15) is 0 Å². The van der Waals surface area contributed by atoms with Crippen LogP contribution in [0.15, 0.2) is 18.2 Å². The number of aryl methyl sites for hydroxylation is 2. The van der Waals surface area contributed by atoms with Crippen LogP contribution in [0.4, 0.5) is 0 Å². The monoisotopic (exact) mass is 224 g/mol. The Bertz CT molecular complexity index is 315. The van der Waals surface area contributed by atoms with E-state index >= 15 is 0 Å². The lowest BCUT2D eigenvalue weighted by molar-refractivity contribution is 0.497. The summed E-state index contributed by atoms with van der Waals surface area (Å²) in [6.45, 7) is 8.63. The van der Waals surface area contributed by atoms with Gasteiger partial charge in [-0.2, -0.15) is 0 Å². The average molecular weight is 225 g/mol. The smallest absolute Gasteiger partial charge is 0.0339 e. The van der Waals surface area contributed by atoms with E-state index in [1.807, 2.05) is 0 Å². The zero-order chi connectivity index (χ0) is 11.4. The van der Waals surface area contributed by atoms with Gasteiger partial charge in [0.15, 0.2) is 0 Å². The van der Waals surface area contributed by atoms with Gasteiger partial charge in [-0.3, -0.25) is 0 Å². The van der Waals surface area contributed by atoms with Gasteiger partial charge in [0.1, 0.15) is 0 Å². The van der Waals surface area contributed by atoms with E-state index < -0.39 is 0 Å². The molecule has 1 rings (SSSR count). The van der Waals surface area contributed by atoms with Crippen LogP contribution in [0.5, 0.6) is 0 Å². The minimum atomic E-state index is 0.261. The van der Waals surface area contributed by atoms with E-state index in [-0.39, 0.29) is 5.38 Å². The first-order valence-corrected chi connectivity index (χ1v) is 6.18. The van der Waals surface area contributed by atoms with Crippen molar-refractivity contribution in [1.82, 2.24) is 0 Å². The van der Waals surface area contributed by atoms with Crippen LogP contribution in [0.25, 0.3) is 0 Å². The number of halogens is 1. The van der Waals surface area contributed by atoms with Crippen molar-refractivity contribution in [1.29, 1.82) is 0 Å². The van der Waals surface area contributed by atoms with Crippen LogP contribution in [-0.4, -0.2) is 5.38 Å². The highest BCUT2D eigenvalue weighted by Gasteiger charge is 2.13. The molecule has 1 aromatic carbocycles. The highest BCUT2D eigenvalue weighted by molar-refractivity contribution is 6.20. The fourth-order valence-corrected chi connectivity index (χ4v) is 2.13. The summed E-state index contributed by atoms with van der Waals surface area (Å²) in [5.74, 6) is 0.591. The zero-order valence-electron chi connectivity index (χ0n) is 10.2. The number of benzene rings is 1. The maximum Gasteiger partial charge on any atom is 0.0339 e. The van der Waals surface area contributed by atoms with Gasteiger partial charge >= 0.3 is 0 Å². The SMILES string of the molecule is CCC(Cc1ccc(C)c(C)c1)C(C)Cl. The van der Waals surface area contributed by atoms with Crippen molar-refractivity contribution < 1.29 is 0 Å². The van der Waals surface area contributed by atoms with Crippen LogP contribution in [-0.2, 0) is 6.42 Å². The van der Waals surface area contributed by atoms with Crippen molar-refractivity contribution in [2.75, 3.05) is 0 Å². The third-order valence-corrected chi connectivity index (χ3v) is 3.60. The molecule has 0 aromatic heterocycles. The van der Waals surface area contributed by atoms with Gasteiger partial charge in [0, 0.05) is 5.38 Å². The van der Waals surface area contributed by atoms with Gasteiger partial charge in [-0.1, -0.05) is 31.5 Å². The summed E-state index contributed by atoms with van der Waals surface area (Å²) in [7, 11) is 0. The molecule has 1 heteroatoms. The number of alkyl halides is 1. The second-order valence-corrected chi connectivity index (χ2v) is 5.16. The van der Waals surface area contributed by atoms with E-state index in [4.69, 9.17) is 11.6 Å². The summed E-state index contributed by atoms with van der Waals surface area (Å²) >= 11 is 6.16. The minimum absolute atomic E-state index is 0.261. The quantitative estimate of drug-likeness (QED) is 0.661. The second kappa shape index (κ2) is 5.55. The summed E-state index contributed by atoms with van der Waals surface area (Å²) in [4.78, 5) is 0. The van der Waals surface area contributed by atoms with Crippen molar-refractivity contribution in [2.45, 2.75) is 45.9 Å². The lowest BCUT2D eigenvalue weighted by atomic mass is 9.93. The van der Waals surface area contributed by atoms with Crippen molar-refractivity contribution in [3.05, 3.63) is 34.9 Å². The molecule has 0 radical (unpaired) electrons. The highest BCUT2D eigenvalue weighted by Crippen LogP contribution is 2.21. The Labute approximate surface area is 98.7 Å². The highest BCUT2D eigenvalue weighted by atomic mass is 35.5. The van der Waals surface area contributed by atoms with Crippen LogP contribution in [0, 0.1) is 19.8 Å². The van der Waals surface area contributed by atoms with Gasteiger partial charge in [-0.05, 0) is 49.8 Å². The number of rotatable bonds is 4. The summed E-state index contributed by atoms with van der Waals surface area (Å²) in [5.41, 5.74) is 4.16. The maximum atomic E-state index is 6.16. The molecular formula is C14H21Cl. The Morgan fingerprint density at radius 3 is 2.33 bits per heavy atom. The molecular weight excluding hydrogens is 204 g/mol. The van der Waals surface area contributed by atoms with Crippen LogP contribution in [0.1, 0.15) is 37.0 Å². The fraction of sp³-hybridized carbons (Fsp3) is 0.571. The number of hydrogen-bond acceptors (Lipinski definition) is 0. The topological polar surface area (TPSA) is 0 Å². The Balaban J connectivity index is 2.75. The van der Waals surface area contributed by atoms with E-state index in [0.29, 0.717) is 5.92 Å². The molecule has 0 fully saturated rings. The average Bonchev–Trinajstić information content (AvgIpc) is 2.19. The third-order valence-electron chi connectivity index (χ3n) is 3.24. The molecule has 2 unspecified atom stereocenters. The van der Waals surface area contributed by atoms with Gasteiger partial charge in [-0.25, -0.2) is 0 Å². The lowest BCUT2D eigenvalue weighted by Crippen LogP contribution is -2.13. The van der Waals surface area contributed by atoms with Crippen molar-refractivity contribution in [3.8, 4) is 0 Å². The van der Waals surface area contributed by atoms with Gasteiger partial charge in [0.2, 0.25) is 0 Å². The molecule has 0 aliphatic rings. The molecule has 1 aromatic rings. The van der Waals surface area contributed by atoms with Gasteiger partial charge in [0.25, 0.3) is 0 Å². The molecule has 0 aliphatic heterocycles. The molecule has 0 saturated carbocycles. The van der Waals surface area contributed by atoms with Crippen LogP contribution in [0.3, 0.4) is 0 Å². The minimum Gasteiger partial charge on any atom is -0.123 e. The normalized spacial score (nSPS) is 15.0. The Morgan fingerprint density at radius 2 is 1.87 bits per heavy atom. The first-order chi connectivity index (χ1) is 7.04. The van der Waals surface area contributed by atoms with Gasteiger partial charge in [-0.15, -0.1) is 11.6 Å². The predicted octanol–water partition coefficient (Wildman–Crippen LogP) is 4.50. The fourth-order valence-electron chi connectivity index (χ4n) is 1.86. The Kier molecular flexibility index (Phi) is 4.66. The first-order valence-electron chi connectivity index (χ1n) is 5.74. The molecule has 0 aliphatic carbocycles. The maximum absolute atomic E-state index is 6.16. The zero-order valence-corrected chi connectivity index (χ0v) is 10.9. The second-order valence-electron chi connectivity index (χ2n) is 4.47. The van der Waals surface area contributed by atoms with Crippen LogP contribution >= 0.6 is 11.6 Å². The van der Waals surface area contributed by atoms with Crippen molar-refractivity contribution >= 4 is 11.6 Å². The van der Waals surface area contributed by atoms with E-state index in [1.165, 1.54) is 16.7 Å². The predicted molar refractivity (Wildman–Crippen MR) is 68.7 cm³/mol. The molecule has 84 valence electrons. The molecule has 0 heterocycles. The number of hydrogen-bond donors (Lipinski definition) is 0. The van der Waals surface area contributed by atoms with E-state index in [2.05, 4.69) is 45.9 Å².